The molecule has 3 N–H and O–H groups in total. The van der Waals surface area contributed by atoms with E-state index in [1.165, 1.54) is 0 Å². The van der Waals surface area contributed by atoms with Crippen molar-refractivity contribution >= 4 is 23.3 Å². The fourth-order valence-electron chi connectivity index (χ4n) is 3.92. The summed E-state index contributed by atoms with van der Waals surface area (Å²) in [5, 5.41) is 8.68. The normalized spacial score (nSPS) is 19.0. The van der Waals surface area contributed by atoms with Crippen molar-refractivity contribution in [2.45, 2.75) is 44.8 Å². The highest BCUT2D eigenvalue weighted by Gasteiger charge is 2.38. The van der Waals surface area contributed by atoms with Gasteiger partial charge in [0, 0.05) is 17.7 Å². The smallest absolute Gasteiger partial charge is 0.319 e. The number of benzene rings is 2. The molecule has 0 unspecified atom stereocenters. The Morgan fingerprint density at radius 3 is 2.76 bits per heavy atom. The van der Waals surface area contributed by atoms with Crippen molar-refractivity contribution in [2.24, 2.45) is 0 Å². The molecule has 2 aliphatic rings. The Morgan fingerprint density at radius 2 is 1.97 bits per heavy atom. The Hall–Kier alpha value is -3.22. The highest BCUT2D eigenvalue weighted by Crippen LogP contribution is 2.42. The zero-order chi connectivity index (χ0) is 20.4. The first-order valence-corrected chi connectivity index (χ1v) is 9.94. The first kappa shape index (κ1) is 19.1. The van der Waals surface area contributed by atoms with Crippen LogP contribution in [0.2, 0.25) is 0 Å². The second-order valence-corrected chi connectivity index (χ2v) is 7.43. The summed E-state index contributed by atoms with van der Waals surface area (Å²) >= 11 is 0. The summed E-state index contributed by atoms with van der Waals surface area (Å²) in [6.07, 6.45) is 2.43. The molecule has 0 saturated heterocycles. The van der Waals surface area contributed by atoms with Crippen LogP contribution in [-0.2, 0) is 4.79 Å². The quantitative estimate of drug-likeness (QED) is 0.723. The lowest BCUT2D eigenvalue weighted by molar-refractivity contribution is -0.118. The van der Waals surface area contributed by atoms with E-state index in [9.17, 15) is 9.59 Å². The van der Waals surface area contributed by atoms with Gasteiger partial charge in [0.25, 0.3) is 5.91 Å². The highest BCUT2D eigenvalue weighted by molar-refractivity contribution is 5.97. The summed E-state index contributed by atoms with van der Waals surface area (Å²) in [6, 6.07) is 12.5. The molecule has 2 heterocycles. The van der Waals surface area contributed by atoms with Gasteiger partial charge in [-0.2, -0.15) is 0 Å². The number of ether oxygens (including phenoxy) is 2. The van der Waals surface area contributed by atoms with E-state index in [0.29, 0.717) is 23.5 Å². The summed E-state index contributed by atoms with van der Waals surface area (Å²) in [5.74, 6) is 1.19. The molecule has 0 bridgehead atoms. The highest BCUT2D eigenvalue weighted by atomic mass is 16.5. The van der Waals surface area contributed by atoms with E-state index in [1.807, 2.05) is 24.3 Å². The lowest BCUT2D eigenvalue weighted by Crippen LogP contribution is -2.45. The number of hydrogen-bond acceptors (Lipinski definition) is 4. The van der Waals surface area contributed by atoms with Crippen molar-refractivity contribution in [2.75, 3.05) is 17.2 Å². The van der Waals surface area contributed by atoms with Crippen molar-refractivity contribution in [1.29, 1.82) is 0 Å². The van der Waals surface area contributed by atoms with Crippen LogP contribution in [0.1, 0.15) is 44.7 Å². The first-order valence-electron chi connectivity index (χ1n) is 9.94. The third kappa shape index (κ3) is 3.85. The van der Waals surface area contributed by atoms with Crippen LogP contribution < -0.4 is 25.4 Å². The summed E-state index contributed by atoms with van der Waals surface area (Å²) in [4.78, 5) is 24.2. The lowest BCUT2D eigenvalue weighted by atomic mass is 9.83. The fraction of sp³-hybridized carbons (Fsp3) is 0.364. The molecule has 29 heavy (non-hydrogen) atoms. The summed E-state index contributed by atoms with van der Waals surface area (Å²) in [6.45, 7) is 4.22. The number of para-hydroxylation sites is 1. The summed E-state index contributed by atoms with van der Waals surface area (Å²) in [7, 11) is 0. The maximum absolute atomic E-state index is 12.7. The summed E-state index contributed by atoms with van der Waals surface area (Å²) in [5.41, 5.74) is 1.81. The molecular formula is C22H25N3O4. The topological polar surface area (TPSA) is 88.7 Å². The van der Waals surface area contributed by atoms with Gasteiger partial charge in [0.2, 0.25) is 0 Å². The van der Waals surface area contributed by atoms with Crippen LogP contribution >= 0.6 is 0 Å². The number of nitrogens with one attached hydrogen (secondary N) is 3. The van der Waals surface area contributed by atoms with Crippen LogP contribution in [0.25, 0.3) is 0 Å². The Kier molecular flexibility index (Phi) is 5.05. The van der Waals surface area contributed by atoms with E-state index in [0.717, 1.165) is 24.2 Å². The monoisotopic (exact) mass is 395 g/mol. The molecule has 1 atom stereocenters. The maximum Gasteiger partial charge on any atom is 0.319 e. The second kappa shape index (κ2) is 7.66. The number of fused-ring (bicyclic) bond motifs is 2. The molecule has 7 heteroatoms. The van der Waals surface area contributed by atoms with Crippen molar-refractivity contribution < 1.29 is 19.1 Å². The third-order valence-electron chi connectivity index (χ3n) is 5.66. The molecule has 2 aromatic rings. The second-order valence-electron chi connectivity index (χ2n) is 7.43. The van der Waals surface area contributed by atoms with Crippen LogP contribution in [0, 0.1) is 0 Å². The molecule has 0 aliphatic carbocycles. The molecule has 152 valence electrons. The summed E-state index contributed by atoms with van der Waals surface area (Å²) < 4.78 is 11.6. The van der Waals surface area contributed by atoms with E-state index in [-0.39, 0.29) is 30.2 Å². The van der Waals surface area contributed by atoms with Gasteiger partial charge in [-0.3, -0.25) is 4.79 Å². The zero-order valence-electron chi connectivity index (χ0n) is 16.6. The number of anilines is 2. The molecule has 0 spiro atoms. The molecule has 4 rings (SSSR count). The van der Waals surface area contributed by atoms with Crippen molar-refractivity contribution in [3.8, 4) is 11.5 Å². The minimum atomic E-state index is -0.309. The van der Waals surface area contributed by atoms with Gasteiger partial charge in [-0.25, -0.2) is 4.79 Å². The van der Waals surface area contributed by atoms with Crippen LogP contribution in [-0.4, -0.2) is 24.1 Å². The van der Waals surface area contributed by atoms with Gasteiger partial charge >= 0.3 is 6.03 Å². The van der Waals surface area contributed by atoms with Crippen molar-refractivity contribution in [1.82, 2.24) is 5.32 Å². The van der Waals surface area contributed by atoms with Crippen LogP contribution in [0.3, 0.4) is 0 Å². The fourth-order valence-corrected chi connectivity index (χ4v) is 3.92. The number of amides is 3. The van der Waals surface area contributed by atoms with E-state index in [4.69, 9.17) is 9.47 Å². The van der Waals surface area contributed by atoms with E-state index in [1.54, 1.807) is 18.2 Å². The van der Waals surface area contributed by atoms with Crippen LogP contribution in [0.15, 0.2) is 42.5 Å². The standard InChI is InChI=1S/C22H25N3O4/c1-3-22(4-2)12-17(15-7-5-6-8-18(15)29-22)25-21(27)23-14-9-10-19-16(11-14)24-20(26)13-28-19/h5-11,17H,3-4,12-13H2,1-2H3,(H,24,26)(H2,23,25,27)/t17-/m1/s1. The molecule has 2 aliphatic heterocycles. The average molecular weight is 395 g/mol. The third-order valence-corrected chi connectivity index (χ3v) is 5.66. The van der Waals surface area contributed by atoms with Gasteiger partial charge in [-0.15, -0.1) is 0 Å². The largest absolute Gasteiger partial charge is 0.487 e. The van der Waals surface area contributed by atoms with E-state index in [2.05, 4.69) is 29.8 Å². The molecule has 0 fully saturated rings. The van der Waals surface area contributed by atoms with Gasteiger partial charge in [0.05, 0.1) is 11.7 Å². The van der Waals surface area contributed by atoms with Crippen LogP contribution in [0.5, 0.6) is 11.5 Å². The number of rotatable bonds is 4. The number of carbonyl (C=O) groups is 2. The Balaban J connectivity index is 1.50. The number of carbonyl (C=O) groups excluding carboxylic acids is 2. The predicted octanol–water partition coefficient (Wildman–Crippen LogP) is 4.22. The van der Waals surface area contributed by atoms with Crippen molar-refractivity contribution in [3.05, 3.63) is 48.0 Å². The van der Waals surface area contributed by atoms with Gasteiger partial charge in [0.1, 0.15) is 17.1 Å². The molecule has 0 aromatic heterocycles. The minimum Gasteiger partial charge on any atom is -0.487 e. The minimum absolute atomic E-state index is 0.0000282. The number of hydrogen-bond donors (Lipinski definition) is 3. The molecule has 7 nitrogen and oxygen atoms in total. The molecule has 0 radical (unpaired) electrons. The average Bonchev–Trinajstić information content (AvgIpc) is 2.73. The SMILES string of the molecule is CCC1(CC)C[C@@H](NC(=O)Nc2ccc3c(c2)NC(=O)CO3)c2ccccc2O1. The van der Waals surface area contributed by atoms with Gasteiger partial charge in [-0.1, -0.05) is 32.0 Å². The van der Waals surface area contributed by atoms with E-state index < -0.39 is 0 Å². The van der Waals surface area contributed by atoms with Gasteiger partial charge in [-0.05, 0) is 37.1 Å². The molecule has 0 saturated carbocycles. The lowest BCUT2D eigenvalue weighted by Gasteiger charge is -2.41. The maximum atomic E-state index is 12.7. The molecule has 3 amide bonds. The van der Waals surface area contributed by atoms with Crippen molar-refractivity contribution in [3.63, 3.8) is 0 Å². The Bertz CT molecular complexity index is 939. The van der Waals surface area contributed by atoms with Gasteiger partial charge in [0.15, 0.2) is 6.61 Å². The number of urea groups is 1. The van der Waals surface area contributed by atoms with Gasteiger partial charge < -0.3 is 25.4 Å². The molecular weight excluding hydrogens is 370 g/mol. The van der Waals surface area contributed by atoms with Crippen LogP contribution in [0.4, 0.5) is 16.2 Å². The predicted molar refractivity (Wildman–Crippen MR) is 110 cm³/mol. The van der Waals surface area contributed by atoms with E-state index >= 15 is 0 Å². The molecule has 2 aromatic carbocycles. The Labute approximate surface area is 169 Å². The first-order chi connectivity index (χ1) is 14.0. The zero-order valence-corrected chi connectivity index (χ0v) is 16.6. The Morgan fingerprint density at radius 1 is 1.17 bits per heavy atom.